The van der Waals surface area contributed by atoms with Crippen molar-refractivity contribution >= 4 is 11.5 Å². The van der Waals surface area contributed by atoms with Crippen LogP contribution in [0.25, 0.3) is 0 Å². The van der Waals surface area contributed by atoms with E-state index in [0.717, 1.165) is 12.1 Å². The average Bonchev–Trinajstić information content (AvgIpc) is 2.59. The van der Waals surface area contributed by atoms with Gasteiger partial charge in [0, 0.05) is 36.9 Å². The van der Waals surface area contributed by atoms with Crippen LogP contribution in [0.2, 0.25) is 0 Å². The molecule has 0 amide bonds. The maximum absolute atomic E-state index is 11.4. The summed E-state index contributed by atoms with van der Waals surface area (Å²) in [6.07, 6.45) is 0.752. The molecule has 1 rings (SSSR count). The van der Waals surface area contributed by atoms with E-state index in [0.29, 0.717) is 44.0 Å². The number of ketones is 1. The summed E-state index contributed by atoms with van der Waals surface area (Å²) < 4.78 is 22.0. The van der Waals surface area contributed by atoms with Gasteiger partial charge in [-0.25, -0.2) is 0 Å². The van der Waals surface area contributed by atoms with Crippen molar-refractivity contribution in [1.29, 1.82) is 0 Å². The number of benzene rings is 1. The first kappa shape index (κ1) is 22.3. The van der Waals surface area contributed by atoms with Crippen LogP contribution in [0.1, 0.15) is 34.1 Å². The monoisotopic (exact) mass is 367 g/mol. The van der Waals surface area contributed by atoms with Gasteiger partial charge in [-0.3, -0.25) is 4.79 Å². The van der Waals surface area contributed by atoms with Gasteiger partial charge < -0.3 is 24.3 Å². The van der Waals surface area contributed by atoms with E-state index in [4.69, 9.17) is 18.9 Å². The average molecular weight is 367 g/mol. The minimum atomic E-state index is 0.0228. The lowest BCUT2D eigenvalue weighted by molar-refractivity contribution is -0.126. The minimum absolute atomic E-state index is 0.0228. The number of ether oxygens (including phenoxy) is 4. The van der Waals surface area contributed by atoms with Gasteiger partial charge in [0.25, 0.3) is 0 Å². The van der Waals surface area contributed by atoms with Gasteiger partial charge in [0.1, 0.15) is 13.2 Å². The van der Waals surface area contributed by atoms with Crippen LogP contribution in [-0.4, -0.2) is 52.0 Å². The van der Waals surface area contributed by atoms with Gasteiger partial charge in [0.15, 0.2) is 17.3 Å². The zero-order chi connectivity index (χ0) is 19.4. The van der Waals surface area contributed by atoms with Crippen molar-refractivity contribution in [3.63, 3.8) is 0 Å². The molecule has 0 aliphatic rings. The number of rotatable bonds is 14. The molecule has 0 aromatic heterocycles. The van der Waals surface area contributed by atoms with Crippen LogP contribution >= 0.6 is 0 Å². The van der Waals surface area contributed by atoms with Gasteiger partial charge in [-0.2, -0.15) is 0 Å². The summed E-state index contributed by atoms with van der Waals surface area (Å²) in [5.74, 6) is 1.54. The molecular formula is C20H33NO5. The molecule has 0 aliphatic carbocycles. The molecule has 0 spiro atoms. The molecule has 0 fully saturated rings. The van der Waals surface area contributed by atoms with Crippen LogP contribution in [0.15, 0.2) is 18.2 Å². The van der Waals surface area contributed by atoms with Crippen LogP contribution in [0, 0.1) is 5.92 Å². The summed E-state index contributed by atoms with van der Waals surface area (Å²) >= 11 is 0. The molecule has 0 heterocycles. The third kappa shape index (κ3) is 9.06. The summed E-state index contributed by atoms with van der Waals surface area (Å²) in [7, 11) is 1.62. The Labute approximate surface area is 157 Å². The number of nitrogens with one attached hydrogen (secondary N) is 1. The van der Waals surface area contributed by atoms with Crippen LogP contribution in [0.4, 0.5) is 5.69 Å². The Morgan fingerprint density at radius 1 is 1.00 bits per heavy atom. The van der Waals surface area contributed by atoms with Crippen LogP contribution in [0.5, 0.6) is 11.5 Å². The van der Waals surface area contributed by atoms with Crippen molar-refractivity contribution < 1.29 is 23.7 Å². The second-order valence-corrected chi connectivity index (χ2v) is 6.65. The standard InChI is InChI=1S/C20H33NO5/c1-15(2)18(22)14-25-10-6-9-24-11-12-26-20-13-17(21-16(3)4)7-8-19(20)23-5/h7-8,13,15-16,21H,6,9-12,14H2,1-5H3. The molecule has 6 nitrogen and oxygen atoms in total. The molecule has 1 aromatic carbocycles. The molecule has 0 unspecified atom stereocenters. The van der Waals surface area contributed by atoms with Crippen molar-refractivity contribution in [3.05, 3.63) is 18.2 Å². The molecule has 0 saturated heterocycles. The van der Waals surface area contributed by atoms with Crippen molar-refractivity contribution in [2.45, 2.75) is 40.2 Å². The fourth-order valence-corrected chi connectivity index (χ4v) is 2.13. The second kappa shape index (κ2) is 12.5. The SMILES string of the molecule is COc1ccc(NC(C)C)cc1OCCOCCCOCC(=O)C(C)C. The quantitative estimate of drug-likeness (QED) is 0.507. The van der Waals surface area contributed by atoms with E-state index >= 15 is 0 Å². The molecule has 0 saturated carbocycles. The maximum atomic E-state index is 11.4. The Bertz CT molecular complexity index is 531. The molecule has 0 atom stereocenters. The van der Waals surface area contributed by atoms with E-state index in [1.165, 1.54) is 0 Å². The lowest BCUT2D eigenvalue weighted by Gasteiger charge is -2.15. The van der Waals surface area contributed by atoms with Crippen LogP contribution < -0.4 is 14.8 Å². The summed E-state index contributed by atoms with van der Waals surface area (Å²) in [5, 5.41) is 3.34. The summed E-state index contributed by atoms with van der Waals surface area (Å²) in [6, 6.07) is 6.12. The summed E-state index contributed by atoms with van der Waals surface area (Å²) in [4.78, 5) is 11.4. The van der Waals surface area contributed by atoms with E-state index < -0.39 is 0 Å². The van der Waals surface area contributed by atoms with E-state index in [9.17, 15) is 4.79 Å². The number of carbonyl (C=O) groups excluding carboxylic acids is 1. The minimum Gasteiger partial charge on any atom is -0.493 e. The number of Topliss-reactive ketones (excluding diaryl/α,β-unsaturated/α-hetero) is 1. The fourth-order valence-electron chi connectivity index (χ4n) is 2.13. The smallest absolute Gasteiger partial charge is 0.163 e. The molecule has 148 valence electrons. The normalized spacial score (nSPS) is 11.0. The number of hydrogen-bond donors (Lipinski definition) is 1. The zero-order valence-corrected chi connectivity index (χ0v) is 16.7. The highest BCUT2D eigenvalue weighted by atomic mass is 16.5. The fraction of sp³-hybridized carbons (Fsp3) is 0.650. The molecule has 0 bridgehead atoms. The van der Waals surface area contributed by atoms with Crippen LogP contribution in [0.3, 0.4) is 0 Å². The van der Waals surface area contributed by atoms with Gasteiger partial charge in [-0.05, 0) is 32.4 Å². The Morgan fingerprint density at radius 2 is 1.73 bits per heavy atom. The highest BCUT2D eigenvalue weighted by Gasteiger charge is 2.07. The van der Waals surface area contributed by atoms with E-state index in [1.807, 2.05) is 32.0 Å². The van der Waals surface area contributed by atoms with E-state index in [-0.39, 0.29) is 18.3 Å². The van der Waals surface area contributed by atoms with Crippen molar-refractivity contribution in [3.8, 4) is 11.5 Å². The number of carbonyl (C=O) groups is 1. The van der Waals surface area contributed by atoms with Crippen molar-refractivity contribution in [2.75, 3.05) is 45.5 Å². The van der Waals surface area contributed by atoms with E-state index in [1.54, 1.807) is 7.11 Å². The third-order valence-electron chi connectivity index (χ3n) is 3.57. The Balaban J connectivity index is 2.20. The predicted molar refractivity (Wildman–Crippen MR) is 103 cm³/mol. The summed E-state index contributed by atoms with van der Waals surface area (Å²) in [6.45, 7) is 10.1. The first-order valence-electron chi connectivity index (χ1n) is 9.19. The van der Waals surface area contributed by atoms with Gasteiger partial charge >= 0.3 is 0 Å². The van der Waals surface area contributed by atoms with Gasteiger partial charge in [0.05, 0.1) is 13.7 Å². The summed E-state index contributed by atoms with van der Waals surface area (Å²) in [5.41, 5.74) is 0.991. The van der Waals surface area contributed by atoms with Gasteiger partial charge in [-0.1, -0.05) is 13.8 Å². The molecule has 26 heavy (non-hydrogen) atoms. The zero-order valence-electron chi connectivity index (χ0n) is 16.7. The molecule has 1 N–H and O–H groups in total. The molecular weight excluding hydrogens is 334 g/mol. The third-order valence-corrected chi connectivity index (χ3v) is 3.57. The van der Waals surface area contributed by atoms with Gasteiger partial charge in [-0.15, -0.1) is 0 Å². The number of methoxy groups -OCH3 is 1. The molecule has 6 heteroatoms. The van der Waals surface area contributed by atoms with Crippen molar-refractivity contribution in [2.24, 2.45) is 5.92 Å². The lowest BCUT2D eigenvalue weighted by atomic mass is 10.1. The highest BCUT2D eigenvalue weighted by molar-refractivity contribution is 5.81. The Kier molecular flexibility index (Phi) is 10.7. The Hall–Kier alpha value is -1.79. The predicted octanol–water partition coefficient (Wildman–Crippen LogP) is 3.54. The Morgan fingerprint density at radius 3 is 2.38 bits per heavy atom. The molecule has 0 aliphatic heterocycles. The maximum Gasteiger partial charge on any atom is 0.163 e. The highest BCUT2D eigenvalue weighted by Crippen LogP contribution is 2.30. The molecule has 0 radical (unpaired) electrons. The first-order valence-corrected chi connectivity index (χ1v) is 9.19. The number of anilines is 1. The lowest BCUT2D eigenvalue weighted by Crippen LogP contribution is -2.16. The van der Waals surface area contributed by atoms with E-state index in [2.05, 4.69) is 19.2 Å². The first-order chi connectivity index (χ1) is 12.4. The second-order valence-electron chi connectivity index (χ2n) is 6.65. The number of hydrogen-bond acceptors (Lipinski definition) is 6. The largest absolute Gasteiger partial charge is 0.493 e. The molecule has 1 aromatic rings. The van der Waals surface area contributed by atoms with Gasteiger partial charge in [0.2, 0.25) is 0 Å². The van der Waals surface area contributed by atoms with Crippen LogP contribution in [-0.2, 0) is 14.3 Å². The van der Waals surface area contributed by atoms with Crippen molar-refractivity contribution in [1.82, 2.24) is 0 Å². The topological polar surface area (TPSA) is 66.0 Å².